The minimum absolute atomic E-state index is 0.0416. The highest BCUT2D eigenvalue weighted by Crippen LogP contribution is 2.12. The first-order valence-corrected chi connectivity index (χ1v) is 5.94. The fraction of sp³-hybridized carbons (Fsp3) is 0.111. The number of nitrogens with two attached hydrogens (primary N) is 2. The molecule has 8 heteroatoms. The number of sulfone groups is 1. The van der Waals surface area contributed by atoms with Crippen molar-refractivity contribution >= 4 is 21.0 Å². The average molecular weight is 256 g/mol. The van der Waals surface area contributed by atoms with Crippen molar-refractivity contribution in [3.05, 3.63) is 30.3 Å². The van der Waals surface area contributed by atoms with E-state index in [1.54, 1.807) is 0 Å². The number of primary amides is 2. The van der Waals surface area contributed by atoms with Crippen LogP contribution in [0.15, 0.2) is 23.4 Å². The number of hydrogen-bond donors (Lipinski definition) is 2. The van der Waals surface area contributed by atoms with Crippen molar-refractivity contribution in [3.63, 3.8) is 0 Å². The Labute approximate surface area is 97.7 Å². The van der Waals surface area contributed by atoms with Gasteiger partial charge in [-0.25, -0.2) is 13.4 Å². The van der Waals surface area contributed by atoms with E-state index in [2.05, 4.69) is 4.98 Å². The van der Waals surface area contributed by atoms with Gasteiger partial charge in [-0.2, -0.15) is 0 Å². The first-order chi connectivity index (χ1) is 7.84. The number of hydrogen-bond acceptors (Lipinski definition) is 5. The number of nitrogens with zero attached hydrogens (tertiary/aromatic N) is 1. The molecule has 0 aliphatic carbocycles. The summed E-state index contributed by atoms with van der Waals surface area (Å²) in [5.74, 6) is -0.555. The Balaban J connectivity index is 3.02. The van der Waals surface area contributed by atoms with E-state index in [0.717, 1.165) is 6.07 Å². The van der Waals surface area contributed by atoms with E-state index in [9.17, 15) is 18.0 Å². The predicted molar refractivity (Wildman–Crippen MR) is 58.2 cm³/mol. The first kappa shape index (κ1) is 13.1. The second-order valence-electron chi connectivity index (χ2n) is 3.12. The van der Waals surface area contributed by atoms with Crippen LogP contribution in [-0.4, -0.2) is 24.5 Å². The number of amides is 2. The van der Waals surface area contributed by atoms with Crippen molar-refractivity contribution in [2.75, 3.05) is 0 Å². The average Bonchev–Trinajstić information content (AvgIpc) is 2.26. The third-order valence-electron chi connectivity index (χ3n) is 1.84. The summed E-state index contributed by atoms with van der Waals surface area (Å²) >= 11 is 0. The quantitative estimate of drug-likeness (QED) is 0.739. The van der Waals surface area contributed by atoms with Crippen LogP contribution in [0, 0.1) is 6.42 Å². The van der Waals surface area contributed by atoms with Crippen LogP contribution in [0.2, 0.25) is 0 Å². The largest absolute Gasteiger partial charge is 0.370 e. The summed E-state index contributed by atoms with van der Waals surface area (Å²) < 4.78 is 22.8. The van der Waals surface area contributed by atoms with Gasteiger partial charge in [0.2, 0.25) is 5.91 Å². The summed E-state index contributed by atoms with van der Waals surface area (Å²) in [6.07, 6.45) is 2.58. The second-order valence-corrected chi connectivity index (χ2v) is 4.95. The van der Waals surface area contributed by atoms with Crippen molar-refractivity contribution in [2.45, 2.75) is 11.4 Å². The molecule has 0 spiro atoms. The maximum atomic E-state index is 11.4. The van der Waals surface area contributed by atoms with Crippen LogP contribution < -0.4 is 11.5 Å². The molecule has 0 bridgehead atoms. The van der Waals surface area contributed by atoms with Gasteiger partial charge in [-0.15, -0.1) is 0 Å². The zero-order valence-electron chi connectivity index (χ0n) is 8.66. The van der Waals surface area contributed by atoms with Gasteiger partial charge in [0.15, 0.2) is 5.03 Å². The fourth-order valence-electron chi connectivity index (χ4n) is 1.02. The molecule has 1 heterocycles. The maximum absolute atomic E-state index is 11.4. The van der Waals surface area contributed by atoms with Gasteiger partial charge in [0, 0.05) is 19.0 Å². The summed E-state index contributed by atoms with van der Waals surface area (Å²) in [7, 11) is -4.25. The number of aromatic nitrogens is 1. The topological polar surface area (TPSA) is 133 Å². The Morgan fingerprint density at radius 2 is 2.00 bits per heavy atom. The summed E-state index contributed by atoms with van der Waals surface area (Å²) in [5.41, 5.74) is 10.1. The van der Waals surface area contributed by atoms with Crippen LogP contribution in [0.3, 0.4) is 0 Å². The maximum Gasteiger partial charge on any atom is 0.340 e. The van der Waals surface area contributed by atoms with Gasteiger partial charge in [-0.1, -0.05) is 0 Å². The molecule has 0 aromatic carbocycles. The Morgan fingerprint density at radius 3 is 2.53 bits per heavy atom. The molecule has 0 aliphatic rings. The van der Waals surface area contributed by atoms with Gasteiger partial charge in [-0.3, -0.25) is 9.59 Å². The number of carbonyl (C=O) groups is 2. The van der Waals surface area contributed by atoms with Gasteiger partial charge in [0.05, 0.1) is 0 Å². The third kappa shape index (κ3) is 3.25. The third-order valence-corrected chi connectivity index (χ3v) is 3.14. The van der Waals surface area contributed by atoms with Crippen molar-refractivity contribution in [2.24, 2.45) is 11.5 Å². The molecule has 91 valence electrons. The van der Waals surface area contributed by atoms with E-state index in [-0.39, 0.29) is 6.42 Å². The molecular formula is C9H10N3O4S. The lowest BCUT2D eigenvalue weighted by molar-refractivity contribution is -0.117. The highest BCUT2D eigenvalue weighted by molar-refractivity contribution is 8.05. The molecule has 1 radical (unpaired) electrons. The summed E-state index contributed by atoms with van der Waals surface area (Å²) in [4.78, 5) is 24.8. The Morgan fingerprint density at radius 1 is 1.35 bits per heavy atom. The van der Waals surface area contributed by atoms with Gasteiger partial charge in [0.1, 0.15) is 0 Å². The van der Waals surface area contributed by atoms with Gasteiger partial charge < -0.3 is 11.5 Å². The van der Waals surface area contributed by atoms with E-state index < -0.39 is 26.0 Å². The molecule has 1 rings (SSSR count). The van der Waals surface area contributed by atoms with Crippen molar-refractivity contribution < 1.29 is 18.0 Å². The Kier molecular flexibility index (Phi) is 3.79. The van der Waals surface area contributed by atoms with E-state index in [0.29, 0.717) is 5.56 Å². The molecule has 7 nitrogen and oxygen atoms in total. The smallest absolute Gasteiger partial charge is 0.340 e. The monoisotopic (exact) mass is 256 g/mol. The molecule has 4 N–H and O–H groups in total. The number of carbonyl (C=O) groups excluding carboxylic acids is 2. The van der Waals surface area contributed by atoms with Crippen LogP contribution in [-0.2, 0) is 14.6 Å². The molecule has 0 saturated heterocycles. The van der Waals surface area contributed by atoms with Crippen molar-refractivity contribution in [1.82, 2.24) is 4.98 Å². The molecule has 1 aromatic rings. The Hall–Kier alpha value is -1.96. The van der Waals surface area contributed by atoms with E-state index in [4.69, 9.17) is 11.5 Å². The predicted octanol–water partition coefficient (Wildman–Crippen LogP) is -0.638. The minimum atomic E-state index is -4.25. The zero-order chi connectivity index (χ0) is 13.1. The summed E-state index contributed by atoms with van der Waals surface area (Å²) in [6.45, 7) is 0. The van der Waals surface area contributed by atoms with E-state index in [1.165, 1.54) is 18.7 Å². The Bertz CT molecular complexity index is 553. The van der Waals surface area contributed by atoms with E-state index in [1.807, 2.05) is 0 Å². The summed E-state index contributed by atoms with van der Waals surface area (Å²) in [5, 5.41) is -1.93. The van der Waals surface area contributed by atoms with E-state index >= 15 is 0 Å². The normalized spacial score (nSPS) is 11.1. The zero-order valence-corrected chi connectivity index (χ0v) is 9.48. The molecule has 0 saturated carbocycles. The van der Waals surface area contributed by atoms with Crippen LogP contribution in [0.25, 0.3) is 0 Å². The van der Waals surface area contributed by atoms with Gasteiger partial charge in [-0.05, 0) is 17.7 Å². The van der Waals surface area contributed by atoms with Gasteiger partial charge >= 0.3 is 5.24 Å². The highest BCUT2D eigenvalue weighted by atomic mass is 32.2. The fourth-order valence-corrected chi connectivity index (χ4v) is 1.72. The lowest BCUT2D eigenvalue weighted by atomic mass is 10.1. The molecule has 0 atom stereocenters. The summed E-state index contributed by atoms with van der Waals surface area (Å²) in [6, 6.07) is 2.62. The molecule has 0 unspecified atom stereocenters. The van der Waals surface area contributed by atoms with Crippen LogP contribution >= 0.6 is 0 Å². The van der Waals surface area contributed by atoms with Gasteiger partial charge in [0.25, 0.3) is 9.84 Å². The van der Waals surface area contributed by atoms with Crippen LogP contribution in [0.1, 0.15) is 12.0 Å². The van der Waals surface area contributed by atoms with Crippen LogP contribution in [0.5, 0.6) is 0 Å². The second kappa shape index (κ2) is 4.91. The van der Waals surface area contributed by atoms with Crippen molar-refractivity contribution in [1.29, 1.82) is 0 Å². The number of rotatable bonds is 4. The van der Waals surface area contributed by atoms with Crippen LogP contribution in [0.4, 0.5) is 4.79 Å². The standard InChI is InChI=1S/C9H10N3O4S/c10-7(13)2-1-6-3-4-12-8(5-6)17(15,16)9(11)14/h1,3-5H,2H2,(H2,10,13)(H2,11,14). The molecule has 0 aliphatic heterocycles. The molecule has 2 amide bonds. The SMILES string of the molecule is NC(=O)C[CH]c1ccnc(S(=O)(=O)C(N)=O)c1. The molecular weight excluding hydrogens is 246 g/mol. The lowest BCUT2D eigenvalue weighted by Gasteiger charge is -2.02. The highest BCUT2D eigenvalue weighted by Gasteiger charge is 2.23. The molecule has 17 heavy (non-hydrogen) atoms. The molecule has 0 fully saturated rings. The lowest BCUT2D eigenvalue weighted by Crippen LogP contribution is -2.22. The molecule has 1 aromatic heterocycles. The minimum Gasteiger partial charge on any atom is -0.370 e. The number of pyridine rings is 1. The first-order valence-electron chi connectivity index (χ1n) is 4.46. The van der Waals surface area contributed by atoms with Crippen molar-refractivity contribution in [3.8, 4) is 0 Å².